The van der Waals surface area contributed by atoms with Crippen LogP contribution in [0.25, 0.3) is 5.65 Å². The van der Waals surface area contributed by atoms with Crippen LogP contribution in [0.3, 0.4) is 0 Å². The number of benzene rings is 1. The molecular weight excluding hydrogens is 460 g/mol. The fraction of sp³-hybridized carbons (Fsp3) is 0.211. The first kappa shape index (κ1) is 19.6. The number of aromatic nitrogens is 2. The molecule has 2 amide bonds. The number of amides is 2. The van der Waals surface area contributed by atoms with Crippen molar-refractivity contribution >= 4 is 43.4 Å². The van der Waals surface area contributed by atoms with Crippen molar-refractivity contribution in [2.45, 2.75) is 31.3 Å². The maximum absolute atomic E-state index is 12.7. The number of nitrogens with one attached hydrogen (secondary N) is 1. The van der Waals surface area contributed by atoms with Gasteiger partial charge in [0.2, 0.25) is 0 Å². The van der Waals surface area contributed by atoms with Gasteiger partial charge < -0.3 is 9.72 Å². The molecule has 0 spiro atoms. The summed E-state index contributed by atoms with van der Waals surface area (Å²) in [6.07, 6.45) is 3.66. The highest BCUT2D eigenvalue weighted by Crippen LogP contribution is 2.32. The predicted octanol–water partition coefficient (Wildman–Crippen LogP) is 2.58. The van der Waals surface area contributed by atoms with Gasteiger partial charge in [0, 0.05) is 28.5 Å². The Morgan fingerprint density at radius 1 is 1.21 bits per heavy atom. The molecule has 0 saturated heterocycles. The highest BCUT2D eigenvalue weighted by Gasteiger charge is 2.42. The summed E-state index contributed by atoms with van der Waals surface area (Å²) in [7, 11) is -3.96. The Balaban J connectivity index is 1.56. The molecule has 1 N–H and O–H groups in total. The van der Waals surface area contributed by atoms with E-state index < -0.39 is 27.9 Å². The molecule has 0 aliphatic carbocycles. The highest BCUT2D eigenvalue weighted by atomic mass is 79.9. The van der Waals surface area contributed by atoms with Gasteiger partial charge in [0.25, 0.3) is 21.8 Å². The van der Waals surface area contributed by atoms with E-state index >= 15 is 0 Å². The first-order chi connectivity index (χ1) is 13.7. The topological polar surface area (TPSA) is 101 Å². The van der Waals surface area contributed by atoms with E-state index in [1.54, 1.807) is 20.0 Å². The number of imidazole rings is 1. The minimum absolute atomic E-state index is 0.0844. The first-order valence-corrected chi connectivity index (χ1v) is 11.1. The van der Waals surface area contributed by atoms with Crippen LogP contribution in [0.15, 0.2) is 52.1 Å². The van der Waals surface area contributed by atoms with Gasteiger partial charge in [-0.1, -0.05) is 0 Å². The van der Waals surface area contributed by atoms with Crippen molar-refractivity contribution < 1.29 is 18.0 Å². The quantitative estimate of drug-likeness (QED) is 0.623. The fourth-order valence-corrected chi connectivity index (χ4v) is 5.42. The maximum Gasteiger partial charge on any atom is 0.269 e. The van der Waals surface area contributed by atoms with Gasteiger partial charge in [-0.3, -0.25) is 9.59 Å². The normalized spacial score (nSPS) is 15.2. The van der Waals surface area contributed by atoms with Gasteiger partial charge in [0.15, 0.2) is 0 Å². The van der Waals surface area contributed by atoms with Crippen LogP contribution in [0.5, 0.6) is 0 Å². The van der Waals surface area contributed by atoms with Crippen molar-refractivity contribution in [2.75, 3.05) is 0 Å². The van der Waals surface area contributed by atoms with Crippen molar-refractivity contribution in [3.05, 3.63) is 64.0 Å². The van der Waals surface area contributed by atoms with E-state index in [-0.39, 0.29) is 22.6 Å². The molecule has 4 rings (SSSR count). The summed E-state index contributed by atoms with van der Waals surface area (Å²) in [6, 6.07) is 7.30. The molecule has 29 heavy (non-hydrogen) atoms. The number of rotatable bonds is 4. The number of hydrogen-bond donors (Lipinski definition) is 1. The van der Waals surface area contributed by atoms with Crippen molar-refractivity contribution in [2.24, 2.45) is 0 Å². The van der Waals surface area contributed by atoms with Crippen LogP contribution in [0.4, 0.5) is 0 Å². The minimum atomic E-state index is -3.96. The van der Waals surface area contributed by atoms with E-state index in [9.17, 15) is 18.0 Å². The smallest absolute Gasteiger partial charge is 0.269 e. The minimum Gasteiger partial charge on any atom is -0.346 e. The Labute approximate surface area is 175 Å². The van der Waals surface area contributed by atoms with Gasteiger partial charge in [-0.2, -0.15) is 0 Å². The molecule has 3 aromatic rings. The Bertz CT molecular complexity index is 1270. The van der Waals surface area contributed by atoms with Gasteiger partial charge in [0.1, 0.15) is 10.5 Å². The second-order valence-electron chi connectivity index (χ2n) is 6.94. The Kier molecular flexibility index (Phi) is 4.70. The third-order valence-electron chi connectivity index (χ3n) is 4.58. The highest BCUT2D eigenvalue weighted by molar-refractivity contribution is 9.10. The maximum atomic E-state index is 12.7. The van der Waals surface area contributed by atoms with Gasteiger partial charge in [0.05, 0.1) is 17.8 Å². The zero-order valence-corrected chi connectivity index (χ0v) is 18.0. The summed E-state index contributed by atoms with van der Waals surface area (Å²) in [4.78, 5) is 29.2. The number of halogens is 1. The first-order valence-electron chi connectivity index (χ1n) is 8.82. The van der Waals surface area contributed by atoms with Crippen molar-refractivity contribution in [1.82, 2.24) is 19.0 Å². The second-order valence-corrected chi connectivity index (χ2v) is 9.64. The summed E-state index contributed by atoms with van der Waals surface area (Å²) >= 11 is 3.39. The molecule has 3 heterocycles. The Morgan fingerprint density at radius 2 is 1.97 bits per heavy atom. The monoisotopic (exact) mass is 476 g/mol. The van der Waals surface area contributed by atoms with Crippen LogP contribution in [-0.2, 0) is 16.6 Å². The van der Waals surface area contributed by atoms with Crippen LogP contribution < -0.4 is 5.32 Å². The largest absolute Gasteiger partial charge is 0.346 e. The van der Waals surface area contributed by atoms with Gasteiger partial charge in [-0.15, -0.1) is 0 Å². The molecule has 0 atom stereocenters. The van der Waals surface area contributed by atoms with E-state index in [0.717, 1.165) is 14.4 Å². The zero-order valence-electron chi connectivity index (χ0n) is 15.6. The van der Waals surface area contributed by atoms with Gasteiger partial charge >= 0.3 is 0 Å². The fourth-order valence-electron chi connectivity index (χ4n) is 3.27. The summed E-state index contributed by atoms with van der Waals surface area (Å²) in [5.74, 6) is -1.02. The van der Waals surface area contributed by atoms with E-state index in [1.165, 1.54) is 18.2 Å². The van der Waals surface area contributed by atoms with Crippen molar-refractivity contribution in [3.63, 3.8) is 0 Å². The number of fused-ring (bicyclic) bond motifs is 2. The van der Waals surface area contributed by atoms with E-state index in [1.807, 2.05) is 22.7 Å². The lowest BCUT2D eigenvalue weighted by molar-refractivity contribution is 0.0845. The van der Waals surface area contributed by atoms with E-state index in [2.05, 4.69) is 26.2 Å². The zero-order chi connectivity index (χ0) is 20.9. The Hall–Kier alpha value is -2.72. The summed E-state index contributed by atoms with van der Waals surface area (Å²) in [5, 5.41) is 2.73. The third-order valence-corrected chi connectivity index (χ3v) is 7.04. The van der Waals surface area contributed by atoms with E-state index in [4.69, 9.17) is 0 Å². The molecule has 0 unspecified atom stereocenters. The summed E-state index contributed by atoms with van der Waals surface area (Å²) < 4.78 is 28.9. The molecule has 1 aliphatic heterocycles. The molecule has 0 bridgehead atoms. The number of carbonyl (C=O) groups is 2. The number of pyridine rings is 1. The Morgan fingerprint density at radius 3 is 2.69 bits per heavy atom. The average Bonchev–Trinajstić information content (AvgIpc) is 3.15. The van der Waals surface area contributed by atoms with Crippen LogP contribution in [0, 0.1) is 0 Å². The predicted molar refractivity (Wildman–Crippen MR) is 109 cm³/mol. The van der Waals surface area contributed by atoms with Crippen molar-refractivity contribution in [1.29, 1.82) is 0 Å². The van der Waals surface area contributed by atoms with Crippen LogP contribution in [0.2, 0.25) is 0 Å². The number of hydrogen-bond acceptors (Lipinski definition) is 5. The number of sulfonamides is 1. The molecule has 2 aromatic heterocycles. The van der Waals surface area contributed by atoms with Crippen LogP contribution in [0.1, 0.15) is 40.3 Å². The standard InChI is InChI=1S/C19H17BrN4O4S/c1-11(2)24-19(26)15-5-3-12(7-16(15)29(24,27)28)18(25)21-8-14-10-23-9-13(20)4-6-17(23)22-14/h3-7,9-11H,8H2,1-2H3,(H,21,25). The third kappa shape index (κ3) is 3.32. The van der Waals surface area contributed by atoms with E-state index in [0.29, 0.717) is 5.69 Å². The molecule has 0 saturated carbocycles. The molecule has 10 heteroatoms. The number of nitrogens with zero attached hydrogens (tertiary/aromatic N) is 3. The molecule has 1 aliphatic rings. The average molecular weight is 477 g/mol. The van der Waals surface area contributed by atoms with Crippen LogP contribution >= 0.6 is 15.9 Å². The number of carbonyl (C=O) groups excluding carboxylic acids is 2. The molecule has 1 aromatic carbocycles. The molecule has 8 nitrogen and oxygen atoms in total. The molecule has 150 valence electrons. The molecular formula is C19H17BrN4O4S. The lowest BCUT2D eigenvalue weighted by Crippen LogP contribution is -2.36. The molecule has 0 radical (unpaired) electrons. The van der Waals surface area contributed by atoms with Gasteiger partial charge in [-0.25, -0.2) is 17.7 Å². The summed E-state index contributed by atoms with van der Waals surface area (Å²) in [6.45, 7) is 3.43. The molecule has 0 fully saturated rings. The van der Waals surface area contributed by atoms with Crippen molar-refractivity contribution in [3.8, 4) is 0 Å². The van der Waals surface area contributed by atoms with Crippen LogP contribution in [-0.4, -0.2) is 40.0 Å². The SMILES string of the molecule is CC(C)N1C(=O)c2ccc(C(=O)NCc3cn4cc(Br)ccc4n3)cc2S1(=O)=O. The summed E-state index contributed by atoms with van der Waals surface area (Å²) in [5.41, 5.74) is 1.65. The lowest BCUT2D eigenvalue weighted by atomic mass is 10.1. The second kappa shape index (κ2) is 6.96. The lowest BCUT2D eigenvalue weighted by Gasteiger charge is -2.18. The van der Waals surface area contributed by atoms with Gasteiger partial charge in [-0.05, 0) is 60.1 Å².